The van der Waals surface area contributed by atoms with E-state index >= 15 is 0 Å². The summed E-state index contributed by atoms with van der Waals surface area (Å²) in [6.45, 7) is 3.53. The van der Waals surface area contributed by atoms with Crippen LogP contribution in [0.5, 0.6) is 11.5 Å². The summed E-state index contributed by atoms with van der Waals surface area (Å²) >= 11 is 5.43. The van der Waals surface area contributed by atoms with E-state index < -0.39 is 28.9 Å². The van der Waals surface area contributed by atoms with Crippen LogP contribution in [0.15, 0.2) is 84.9 Å². The second-order valence-electron chi connectivity index (χ2n) is 12.9. The van der Waals surface area contributed by atoms with Gasteiger partial charge in [0.05, 0.1) is 57.0 Å². The van der Waals surface area contributed by atoms with E-state index in [0.29, 0.717) is 57.7 Å². The van der Waals surface area contributed by atoms with E-state index in [2.05, 4.69) is 9.97 Å². The molecule has 0 saturated carbocycles. The van der Waals surface area contributed by atoms with Gasteiger partial charge in [0.15, 0.2) is 0 Å². The molecular formula is C39H22F6N4O2S4. The second-order valence-corrected chi connectivity index (χ2v) is 17.3. The van der Waals surface area contributed by atoms with Gasteiger partial charge in [-0.15, -0.1) is 45.3 Å². The van der Waals surface area contributed by atoms with Crippen LogP contribution in [0.1, 0.15) is 21.7 Å². The number of halogens is 6. The van der Waals surface area contributed by atoms with E-state index in [1.165, 1.54) is 70.4 Å². The summed E-state index contributed by atoms with van der Waals surface area (Å²) in [6.07, 6.45) is -11.4. The van der Waals surface area contributed by atoms with Crippen molar-refractivity contribution in [2.24, 2.45) is 0 Å². The average Bonchev–Trinajstić information content (AvgIpc) is 3.90. The van der Waals surface area contributed by atoms with Crippen molar-refractivity contribution in [1.29, 1.82) is 0 Å². The van der Waals surface area contributed by atoms with Crippen LogP contribution < -0.4 is 0 Å². The summed E-state index contributed by atoms with van der Waals surface area (Å²) in [6, 6.07) is 18.8. The van der Waals surface area contributed by atoms with E-state index in [0.717, 1.165) is 49.7 Å². The lowest BCUT2D eigenvalue weighted by atomic mass is 9.72. The number of aromatic hydroxyl groups is 2. The van der Waals surface area contributed by atoms with Gasteiger partial charge < -0.3 is 10.2 Å². The number of benzene rings is 5. The molecule has 9 rings (SSSR count). The molecule has 4 aromatic heterocycles. The first-order chi connectivity index (χ1) is 26.1. The highest BCUT2D eigenvalue weighted by atomic mass is 32.1. The van der Waals surface area contributed by atoms with Gasteiger partial charge in [-0.05, 0) is 61.4 Å². The third kappa shape index (κ3) is 5.72. The van der Waals surface area contributed by atoms with Gasteiger partial charge in [0, 0.05) is 5.56 Å². The van der Waals surface area contributed by atoms with Crippen molar-refractivity contribution in [1.82, 2.24) is 19.9 Å². The zero-order valence-corrected chi connectivity index (χ0v) is 31.4. The fourth-order valence-corrected chi connectivity index (χ4v) is 10.6. The molecule has 0 bridgehead atoms. The molecule has 0 aliphatic rings. The summed E-state index contributed by atoms with van der Waals surface area (Å²) in [5.41, 5.74) is -1.76. The van der Waals surface area contributed by atoms with E-state index in [4.69, 9.17) is 9.97 Å². The van der Waals surface area contributed by atoms with Crippen molar-refractivity contribution in [3.8, 4) is 43.2 Å². The molecule has 55 heavy (non-hydrogen) atoms. The number of fused-ring (bicyclic) bond motifs is 4. The normalized spacial score (nSPS) is 12.9. The van der Waals surface area contributed by atoms with Gasteiger partial charge in [0.25, 0.3) is 0 Å². The molecule has 0 amide bonds. The van der Waals surface area contributed by atoms with E-state index in [1.807, 2.05) is 19.1 Å². The van der Waals surface area contributed by atoms with E-state index in [1.54, 1.807) is 30.4 Å². The van der Waals surface area contributed by atoms with Crippen molar-refractivity contribution in [2.75, 3.05) is 0 Å². The zero-order valence-electron chi connectivity index (χ0n) is 28.2. The molecule has 6 nitrogen and oxygen atoms in total. The number of aryl methyl sites for hydroxylation is 2. The Kier molecular flexibility index (Phi) is 8.03. The largest absolute Gasteiger partial charge is 0.507 e. The Morgan fingerprint density at radius 1 is 0.473 bits per heavy atom. The minimum atomic E-state index is -5.68. The van der Waals surface area contributed by atoms with Crippen LogP contribution in [-0.2, 0) is 5.41 Å². The molecular weight excluding hydrogens is 799 g/mol. The van der Waals surface area contributed by atoms with Crippen molar-refractivity contribution < 1.29 is 36.6 Å². The van der Waals surface area contributed by atoms with Gasteiger partial charge >= 0.3 is 12.4 Å². The highest BCUT2D eigenvalue weighted by Gasteiger charge is 2.72. The summed E-state index contributed by atoms with van der Waals surface area (Å²) in [5.74, 6) is -0.181. The quantitative estimate of drug-likeness (QED) is 0.133. The summed E-state index contributed by atoms with van der Waals surface area (Å²) in [5, 5.41) is 24.5. The number of hydrogen-bond donors (Lipinski definition) is 2. The smallest absolute Gasteiger partial charge is 0.411 e. The summed E-state index contributed by atoms with van der Waals surface area (Å²) < 4.78 is 90.9. The van der Waals surface area contributed by atoms with Gasteiger partial charge in [0.2, 0.25) is 5.41 Å². The fourth-order valence-electron chi connectivity index (χ4n) is 6.74. The minimum Gasteiger partial charge on any atom is -0.507 e. The Morgan fingerprint density at radius 2 is 0.855 bits per heavy atom. The van der Waals surface area contributed by atoms with Crippen LogP contribution in [0, 0.1) is 13.8 Å². The minimum absolute atomic E-state index is 0.0817. The molecule has 276 valence electrons. The number of thiazole rings is 4. The SMILES string of the molecule is Cc1ccc(C(c2ccc(-c3nc4cc5sc(-c6cc(O)c(-c7nc8cc9sc(C)nc9cc8s7)cc6O)nc5cc4s3)cc2)(C(F)(F)F)C(F)(F)F)cc1. The second kappa shape index (κ2) is 12.4. The third-order valence-corrected chi connectivity index (χ3v) is 13.5. The van der Waals surface area contributed by atoms with Crippen LogP contribution in [0.25, 0.3) is 72.6 Å². The molecule has 0 radical (unpaired) electrons. The topological polar surface area (TPSA) is 92.0 Å². The molecule has 0 aliphatic carbocycles. The van der Waals surface area contributed by atoms with Crippen LogP contribution in [0.3, 0.4) is 0 Å². The molecule has 9 aromatic rings. The monoisotopic (exact) mass is 820 g/mol. The van der Waals surface area contributed by atoms with Crippen molar-refractivity contribution in [3.05, 3.63) is 107 Å². The Labute approximate surface area is 322 Å². The molecule has 0 atom stereocenters. The van der Waals surface area contributed by atoms with Gasteiger partial charge in [-0.3, -0.25) is 0 Å². The standard InChI is InChI=1S/C39H22F6N4O2S4/c1-17-3-7-20(8-4-17)37(38(40,41)42,39(43,44)45)21-9-5-19(6-10-21)34-47-25-15-33-27(16-31(25)53-34)49-36(55-33)23-12-28(50)22(11-29(23)51)35-48-26-14-30-24(13-32(26)54-35)46-18(2)52-30/h3-16,50-51H,1-2H3. The van der Waals surface area contributed by atoms with Crippen molar-refractivity contribution in [2.45, 2.75) is 31.6 Å². The molecule has 0 fully saturated rings. The maximum Gasteiger partial charge on any atom is 0.411 e. The number of phenolic OH excluding ortho intramolecular Hbond substituents is 2. The Hall–Kier alpha value is -5.16. The first-order valence-electron chi connectivity index (χ1n) is 16.4. The third-order valence-electron chi connectivity index (χ3n) is 9.38. The summed E-state index contributed by atoms with van der Waals surface area (Å²) in [7, 11) is 0. The summed E-state index contributed by atoms with van der Waals surface area (Å²) in [4.78, 5) is 18.6. The number of aromatic nitrogens is 4. The number of alkyl halides is 6. The van der Waals surface area contributed by atoms with Gasteiger partial charge in [-0.25, -0.2) is 19.9 Å². The predicted octanol–water partition coefficient (Wildman–Crippen LogP) is 12.6. The Balaban J connectivity index is 1.03. The number of nitrogens with zero attached hydrogens (tertiary/aromatic N) is 4. The molecule has 0 unspecified atom stereocenters. The van der Waals surface area contributed by atoms with Crippen LogP contribution >= 0.6 is 45.3 Å². The molecule has 0 spiro atoms. The predicted molar refractivity (Wildman–Crippen MR) is 208 cm³/mol. The number of rotatable bonds is 5. The van der Waals surface area contributed by atoms with Gasteiger partial charge in [-0.2, -0.15) is 26.3 Å². The Morgan fingerprint density at radius 3 is 1.31 bits per heavy atom. The molecule has 4 heterocycles. The Bertz CT molecular complexity index is 2850. The zero-order chi connectivity index (χ0) is 38.6. The van der Waals surface area contributed by atoms with Gasteiger partial charge in [-0.1, -0.05) is 54.1 Å². The molecule has 0 saturated heterocycles. The first-order valence-corrected chi connectivity index (χ1v) is 19.6. The highest BCUT2D eigenvalue weighted by Crippen LogP contribution is 2.56. The maximum atomic E-state index is 14.6. The highest BCUT2D eigenvalue weighted by molar-refractivity contribution is 7.23. The molecule has 16 heteroatoms. The molecule has 5 aromatic carbocycles. The van der Waals surface area contributed by atoms with Crippen LogP contribution in [0.4, 0.5) is 26.3 Å². The fraction of sp³-hybridized carbons (Fsp3) is 0.128. The molecule has 0 aliphatic heterocycles. The van der Waals surface area contributed by atoms with E-state index in [9.17, 15) is 36.6 Å². The van der Waals surface area contributed by atoms with E-state index in [-0.39, 0.29) is 11.5 Å². The van der Waals surface area contributed by atoms with Crippen LogP contribution in [0.2, 0.25) is 0 Å². The van der Waals surface area contributed by atoms with Crippen molar-refractivity contribution in [3.63, 3.8) is 0 Å². The van der Waals surface area contributed by atoms with Crippen molar-refractivity contribution >= 4 is 86.2 Å². The lowest BCUT2D eigenvalue weighted by Crippen LogP contribution is -2.54. The first kappa shape index (κ1) is 35.5. The average molecular weight is 821 g/mol. The number of hydrogen-bond acceptors (Lipinski definition) is 10. The van der Waals surface area contributed by atoms with Crippen LogP contribution in [-0.4, -0.2) is 42.5 Å². The number of phenols is 2. The molecule has 2 N–H and O–H groups in total. The lowest BCUT2D eigenvalue weighted by molar-refractivity contribution is -0.288. The lowest BCUT2D eigenvalue weighted by Gasteiger charge is -2.38. The maximum absolute atomic E-state index is 14.6. The van der Waals surface area contributed by atoms with Gasteiger partial charge in [0.1, 0.15) is 26.5 Å².